The normalized spacial score (nSPS) is 15.9. The molecule has 0 bridgehead atoms. The third-order valence-electron chi connectivity index (χ3n) is 4.53. The summed E-state index contributed by atoms with van der Waals surface area (Å²) in [7, 11) is 0. The van der Waals surface area contributed by atoms with Crippen LogP contribution in [0, 0.1) is 6.92 Å². The van der Waals surface area contributed by atoms with E-state index in [9.17, 15) is 0 Å². The molecule has 0 unspecified atom stereocenters. The summed E-state index contributed by atoms with van der Waals surface area (Å²) in [5.74, 6) is 0. The Morgan fingerprint density at radius 2 is 1.83 bits per heavy atom. The number of fused-ring (bicyclic) bond motifs is 1. The maximum atomic E-state index is 5.84. The van der Waals surface area contributed by atoms with Crippen molar-refractivity contribution in [1.82, 2.24) is 14.3 Å². The Labute approximate surface area is 141 Å². The van der Waals surface area contributed by atoms with E-state index in [0.717, 1.165) is 55.4 Å². The molecular formula is C19H22N4O. The summed E-state index contributed by atoms with van der Waals surface area (Å²) in [6.45, 7) is 6.49. The molecule has 1 aliphatic heterocycles. The van der Waals surface area contributed by atoms with Crippen LogP contribution in [-0.2, 0) is 11.3 Å². The van der Waals surface area contributed by atoms with E-state index in [1.807, 2.05) is 24.3 Å². The lowest BCUT2D eigenvalue weighted by Crippen LogP contribution is -2.36. The number of anilines is 1. The minimum absolute atomic E-state index is 0.771. The second-order valence-electron chi connectivity index (χ2n) is 6.35. The SMILES string of the molecule is Cc1ccc2nc(-c3ccc(N)cc3)c(CN3CCOCC3)n2c1. The van der Waals surface area contributed by atoms with Crippen molar-refractivity contribution < 1.29 is 4.74 Å². The zero-order chi connectivity index (χ0) is 16.5. The Morgan fingerprint density at radius 1 is 1.08 bits per heavy atom. The summed E-state index contributed by atoms with van der Waals surface area (Å²) < 4.78 is 7.69. The largest absolute Gasteiger partial charge is 0.399 e. The van der Waals surface area contributed by atoms with Crippen LogP contribution < -0.4 is 5.73 Å². The van der Waals surface area contributed by atoms with Crippen LogP contribution in [0.5, 0.6) is 0 Å². The molecule has 124 valence electrons. The molecule has 4 rings (SSSR count). The van der Waals surface area contributed by atoms with Gasteiger partial charge in [0, 0.05) is 37.1 Å². The highest BCUT2D eigenvalue weighted by Crippen LogP contribution is 2.27. The van der Waals surface area contributed by atoms with Gasteiger partial charge in [-0.15, -0.1) is 0 Å². The smallest absolute Gasteiger partial charge is 0.137 e. The van der Waals surface area contributed by atoms with Gasteiger partial charge in [-0.05, 0) is 30.7 Å². The van der Waals surface area contributed by atoms with Gasteiger partial charge in [0.25, 0.3) is 0 Å². The van der Waals surface area contributed by atoms with Crippen molar-refractivity contribution in [1.29, 1.82) is 0 Å². The van der Waals surface area contributed by atoms with Crippen LogP contribution in [0.25, 0.3) is 16.9 Å². The van der Waals surface area contributed by atoms with Crippen LogP contribution >= 0.6 is 0 Å². The molecule has 0 amide bonds. The van der Waals surface area contributed by atoms with E-state index in [-0.39, 0.29) is 0 Å². The number of hydrogen-bond acceptors (Lipinski definition) is 4. The molecule has 3 aromatic rings. The number of imidazole rings is 1. The molecule has 24 heavy (non-hydrogen) atoms. The Hall–Kier alpha value is -2.37. The highest BCUT2D eigenvalue weighted by atomic mass is 16.5. The molecule has 2 N–H and O–H groups in total. The summed E-state index contributed by atoms with van der Waals surface area (Å²) in [6, 6.07) is 12.2. The lowest BCUT2D eigenvalue weighted by molar-refractivity contribution is 0.0336. The molecule has 0 radical (unpaired) electrons. The number of aryl methyl sites for hydroxylation is 1. The van der Waals surface area contributed by atoms with Gasteiger partial charge >= 0.3 is 0 Å². The second kappa shape index (κ2) is 6.26. The molecule has 3 heterocycles. The number of rotatable bonds is 3. The van der Waals surface area contributed by atoms with E-state index < -0.39 is 0 Å². The van der Waals surface area contributed by atoms with E-state index in [0.29, 0.717) is 0 Å². The number of nitrogens with two attached hydrogens (primary N) is 1. The van der Waals surface area contributed by atoms with Crippen LogP contribution in [0.2, 0.25) is 0 Å². The Morgan fingerprint density at radius 3 is 2.58 bits per heavy atom. The van der Waals surface area contributed by atoms with Crippen molar-refractivity contribution >= 4 is 11.3 Å². The maximum absolute atomic E-state index is 5.84. The van der Waals surface area contributed by atoms with Crippen molar-refractivity contribution in [2.75, 3.05) is 32.0 Å². The van der Waals surface area contributed by atoms with Gasteiger partial charge in [-0.2, -0.15) is 0 Å². The minimum Gasteiger partial charge on any atom is -0.399 e. The lowest BCUT2D eigenvalue weighted by atomic mass is 10.1. The number of benzene rings is 1. The second-order valence-corrected chi connectivity index (χ2v) is 6.35. The average Bonchev–Trinajstić information content (AvgIpc) is 2.94. The quantitative estimate of drug-likeness (QED) is 0.753. The first-order valence-electron chi connectivity index (χ1n) is 8.34. The van der Waals surface area contributed by atoms with Crippen LogP contribution in [0.4, 0.5) is 5.69 Å². The third kappa shape index (κ3) is 2.88. The molecule has 0 saturated carbocycles. The zero-order valence-corrected chi connectivity index (χ0v) is 13.9. The maximum Gasteiger partial charge on any atom is 0.137 e. The van der Waals surface area contributed by atoms with Crippen LogP contribution in [0.1, 0.15) is 11.3 Å². The number of hydrogen-bond donors (Lipinski definition) is 1. The highest BCUT2D eigenvalue weighted by Gasteiger charge is 2.18. The number of nitrogens with zero attached hydrogens (tertiary/aromatic N) is 3. The third-order valence-corrected chi connectivity index (χ3v) is 4.53. The standard InChI is InChI=1S/C19H22N4O/c1-14-2-7-18-21-19(15-3-5-16(20)6-4-15)17(23(18)12-14)13-22-8-10-24-11-9-22/h2-7,12H,8-11,13,20H2,1H3. The first-order valence-corrected chi connectivity index (χ1v) is 8.34. The van der Waals surface area contributed by atoms with E-state index in [1.165, 1.54) is 11.3 Å². The van der Waals surface area contributed by atoms with Gasteiger partial charge in [0.05, 0.1) is 24.6 Å². The zero-order valence-electron chi connectivity index (χ0n) is 13.9. The molecule has 0 spiro atoms. The van der Waals surface area contributed by atoms with Crippen LogP contribution in [0.3, 0.4) is 0 Å². The Bertz CT molecular complexity index is 848. The fraction of sp³-hybridized carbons (Fsp3) is 0.316. The average molecular weight is 322 g/mol. The van der Waals surface area contributed by atoms with Crippen molar-refractivity contribution in [3.05, 3.63) is 53.9 Å². The summed E-state index contributed by atoms with van der Waals surface area (Å²) in [5.41, 5.74) is 12.2. The molecule has 1 aromatic carbocycles. The predicted octanol–water partition coefficient (Wildman–Crippen LogP) is 2.72. The van der Waals surface area contributed by atoms with Crippen molar-refractivity contribution in [2.24, 2.45) is 0 Å². The molecule has 2 aromatic heterocycles. The topological polar surface area (TPSA) is 55.8 Å². The van der Waals surface area contributed by atoms with Crippen LogP contribution in [0.15, 0.2) is 42.6 Å². The monoisotopic (exact) mass is 322 g/mol. The number of ether oxygens (including phenoxy) is 1. The summed E-state index contributed by atoms with van der Waals surface area (Å²) in [5, 5.41) is 0. The predicted molar refractivity (Wildman–Crippen MR) is 95.9 cm³/mol. The van der Waals surface area contributed by atoms with Gasteiger partial charge in [-0.25, -0.2) is 4.98 Å². The molecule has 5 nitrogen and oxygen atoms in total. The highest BCUT2D eigenvalue weighted by molar-refractivity contribution is 5.68. The Balaban J connectivity index is 1.81. The van der Waals surface area contributed by atoms with Gasteiger partial charge < -0.3 is 14.9 Å². The fourth-order valence-corrected chi connectivity index (χ4v) is 3.19. The molecule has 5 heteroatoms. The molecule has 0 aliphatic carbocycles. The van der Waals surface area contributed by atoms with Crippen LogP contribution in [-0.4, -0.2) is 40.6 Å². The number of nitrogen functional groups attached to an aromatic ring is 1. The number of pyridine rings is 1. The molecule has 1 fully saturated rings. The summed E-state index contributed by atoms with van der Waals surface area (Å²) in [6.07, 6.45) is 2.17. The van der Waals surface area contributed by atoms with Gasteiger partial charge in [0.2, 0.25) is 0 Å². The first kappa shape index (κ1) is 15.2. The molecule has 1 saturated heterocycles. The van der Waals surface area contributed by atoms with Gasteiger partial charge in [0.1, 0.15) is 5.65 Å². The van der Waals surface area contributed by atoms with Gasteiger partial charge in [-0.1, -0.05) is 18.2 Å². The van der Waals surface area contributed by atoms with Crippen molar-refractivity contribution in [3.63, 3.8) is 0 Å². The lowest BCUT2D eigenvalue weighted by Gasteiger charge is -2.26. The number of aromatic nitrogens is 2. The van der Waals surface area contributed by atoms with Crippen molar-refractivity contribution in [2.45, 2.75) is 13.5 Å². The first-order chi connectivity index (χ1) is 11.7. The summed E-state index contributed by atoms with van der Waals surface area (Å²) in [4.78, 5) is 7.31. The molecular weight excluding hydrogens is 300 g/mol. The van der Waals surface area contributed by atoms with E-state index in [4.69, 9.17) is 15.5 Å². The van der Waals surface area contributed by atoms with Gasteiger partial charge in [-0.3, -0.25) is 4.90 Å². The minimum atomic E-state index is 0.771. The van der Waals surface area contributed by atoms with E-state index in [2.05, 4.69) is 34.6 Å². The molecule has 0 atom stereocenters. The number of morpholine rings is 1. The Kier molecular flexibility index (Phi) is 3.96. The fourth-order valence-electron chi connectivity index (χ4n) is 3.19. The summed E-state index contributed by atoms with van der Waals surface area (Å²) >= 11 is 0. The van der Waals surface area contributed by atoms with E-state index >= 15 is 0 Å². The van der Waals surface area contributed by atoms with Crippen molar-refractivity contribution in [3.8, 4) is 11.3 Å². The molecule has 1 aliphatic rings. The van der Waals surface area contributed by atoms with Gasteiger partial charge in [0.15, 0.2) is 0 Å². The van der Waals surface area contributed by atoms with E-state index in [1.54, 1.807) is 0 Å².